The van der Waals surface area contributed by atoms with Crippen molar-refractivity contribution in [3.05, 3.63) is 46.5 Å². The monoisotopic (exact) mass is 332 g/mol. The first-order valence-corrected chi connectivity index (χ1v) is 8.09. The highest BCUT2D eigenvalue weighted by molar-refractivity contribution is 7.15. The molecule has 0 aliphatic heterocycles. The van der Waals surface area contributed by atoms with Crippen LogP contribution in [0.5, 0.6) is 0 Å². The van der Waals surface area contributed by atoms with Gasteiger partial charge in [-0.2, -0.15) is 0 Å². The van der Waals surface area contributed by atoms with Gasteiger partial charge in [0.25, 0.3) is 0 Å². The maximum atomic E-state index is 11.8. The SMILES string of the molecule is CNC(=O)[C@@H](C)NC(=O)Nc1ncc(Cc2ccccc2C)s1. The van der Waals surface area contributed by atoms with Gasteiger partial charge in [-0.25, -0.2) is 9.78 Å². The lowest BCUT2D eigenvalue weighted by Gasteiger charge is -2.11. The van der Waals surface area contributed by atoms with Gasteiger partial charge < -0.3 is 10.6 Å². The summed E-state index contributed by atoms with van der Waals surface area (Å²) >= 11 is 1.42. The topological polar surface area (TPSA) is 83.1 Å². The molecule has 1 aromatic heterocycles. The number of carbonyl (C=O) groups is 2. The van der Waals surface area contributed by atoms with E-state index in [2.05, 4.69) is 40.0 Å². The second-order valence-corrected chi connectivity index (χ2v) is 6.28. The fourth-order valence-electron chi connectivity index (χ4n) is 2.06. The van der Waals surface area contributed by atoms with E-state index in [1.165, 1.54) is 29.5 Å². The number of nitrogens with one attached hydrogen (secondary N) is 3. The summed E-state index contributed by atoms with van der Waals surface area (Å²) in [5.74, 6) is -0.250. The van der Waals surface area contributed by atoms with Crippen molar-refractivity contribution in [2.45, 2.75) is 26.3 Å². The molecule has 3 N–H and O–H groups in total. The van der Waals surface area contributed by atoms with Gasteiger partial charge in [-0.3, -0.25) is 10.1 Å². The maximum absolute atomic E-state index is 11.8. The van der Waals surface area contributed by atoms with Crippen molar-refractivity contribution >= 4 is 28.4 Å². The van der Waals surface area contributed by atoms with Crippen LogP contribution >= 0.6 is 11.3 Å². The summed E-state index contributed by atoms with van der Waals surface area (Å²) in [5, 5.41) is 8.19. The molecule has 0 unspecified atom stereocenters. The molecule has 0 saturated carbocycles. The third-order valence-electron chi connectivity index (χ3n) is 3.39. The first-order chi connectivity index (χ1) is 11.0. The lowest BCUT2D eigenvalue weighted by atomic mass is 10.1. The lowest BCUT2D eigenvalue weighted by Crippen LogP contribution is -2.45. The Balaban J connectivity index is 1.93. The largest absolute Gasteiger partial charge is 0.357 e. The molecule has 0 radical (unpaired) electrons. The summed E-state index contributed by atoms with van der Waals surface area (Å²) < 4.78 is 0. The Labute approximate surface area is 139 Å². The fraction of sp³-hybridized carbons (Fsp3) is 0.312. The van der Waals surface area contributed by atoms with Crippen molar-refractivity contribution in [3.8, 4) is 0 Å². The molecule has 2 aromatic rings. The van der Waals surface area contributed by atoms with Gasteiger partial charge in [0.15, 0.2) is 5.13 Å². The standard InChI is InChI=1S/C16H20N4O2S/c1-10-6-4-5-7-12(10)8-13-9-18-16(23-13)20-15(22)19-11(2)14(21)17-3/h4-7,9,11H,8H2,1-3H3,(H,17,21)(H2,18,19,20,22)/t11-/m1/s1. The molecular formula is C16H20N4O2S. The molecular weight excluding hydrogens is 312 g/mol. The Hall–Kier alpha value is -2.41. The van der Waals surface area contributed by atoms with Crippen LogP contribution in [0.4, 0.5) is 9.93 Å². The van der Waals surface area contributed by atoms with Gasteiger partial charge in [-0.1, -0.05) is 24.3 Å². The predicted molar refractivity (Wildman–Crippen MR) is 91.8 cm³/mol. The van der Waals surface area contributed by atoms with Crippen molar-refractivity contribution in [1.82, 2.24) is 15.6 Å². The van der Waals surface area contributed by atoms with Gasteiger partial charge in [0, 0.05) is 24.5 Å². The molecule has 0 bridgehead atoms. The number of anilines is 1. The summed E-state index contributed by atoms with van der Waals surface area (Å²) in [6.45, 7) is 3.69. The zero-order chi connectivity index (χ0) is 16.8. The Morgan fingerprint density at radius 3 is 2.74 bits per heavy atom. The van der Waals surface area contributed by atoms with E-state index in [0.29, 0.717) is 5.13 Å². The van der Waals surface area contributed by atoms with E-state index in [1.807, 2.05) is 12.1 Å². The Bertz CT molecular complexity index is 699. The summed E-state index contributed by atoms with van der Waals surface area (Å²) in [6, 6.07) is 7.12. The quantitative estimate of drug-likeness (QED) is 0.785. The minimum absolute atomic E-state index is 0.250. The zero-order valence-electron chi connectivity index (χ0n) is 13.3. The molecule has 6 nitrogen and oxygen atoms in total. The molecule has 0 saturated heterocycles. The number of hydrogen-bond acceptors (Lipinski definition) is 4. The molecule has 0 aliphatic carbocycles. The number of thiazole rings is 1. The third-order valence-corrected chi connectivity index (χ3v) is 4.30. The molecule has 0 aliphatic rings. The summed E-state index contributed by atoms with van der Waals surface area (Å²) in [4.78, 5) is 28.5. The van der Waals surface area contributed by atoms with E-state index in [0.717, 1.165) is 11.3 Å². The molecule has 1 heterocycles. The number of aromatic nitrogens is 1. The van der Waals surface area contributed by atoms with Crippen molar-refractivity contribution < 1.29 is 9.59 Å². The number of carbonyl (C=O) groups excluding carboxylic acids is 2. The van der Waals surface area contributed by atoms with Crippen molar-refractivity contribution in [2.75, 3.05) is 12.4 Å². The fourth-order valence-corrected chi connectivity index (χ4v) is 2.89. The molecule has 7 heteroatoms. The van der Waals surface area contributed by atoms with E-state index in [9.17, 15) is 9.59 Å². The summed E-state index contributed by atoms with van der Waals surface area (Å²) in [6.07, 6.45) is 2.54. The number of urea groups is 1. The van der Waals surface area contributed by atoms with E-state index >= 15 is 0 Å². The second kappa shape index (κ2) is 7.73. The van der Waals surface area contributed by atoms with Crippen LogP contribution < -0.4 is 16.0 Å². The molecule has 23 heavy (non-hydrogen) atoms. The van der Waals surface area contributed by atoms with Crippen molar-refractivity contribution in [2.24, 2.45) is 0 Å². The smallest absolute Gasteiger partial charge is 0.321 e. The van der Waals surface area contributed by atoms with E-state index < -0.39 is 12.1 Å². The van der Waals surface area contributed by atoms with Crippen LogP contribution in [-0.4, -0.2) is 30.0 Å². The number of hydrogen-bond donors (Lipinski definition) is 3. The van der Waals surface area contributed by atoms with Gasteiger partial charge in [0.1, 0.15) is 6.04 Å². The molecule has 2 rings (SSSR count). The highest BCUT2D eigenvalue weighted by atomic mass is 32.1. The van der Waals surface area contributed by atoms with Crippen molar-refractivity contribution in [3.63, 3.8) is 0 Å². The van der Waals surface area contributed by atoms with Gasteiger partial charge >= 0.3 is 6.03 Å². The second-order valence-electron chi connectivity index (χ2n) is 5.17. The van der Waals surface area contributed by atoms with Crippen LogP contribution in [0, 0.1) is 6.92 Å². The normalized spacial score (nSPS) is 11.6. The van der Waals surface area contributed by atoms with Crippen molar-refractivity contribution in [1.29, 1.82) is 0 Å². The third kappa shape index (κ3) is 4.79. The van der Waals surface area contributed by atoms with Crippen LogP contribution in [-0.2, 0) is 11.2 Å². The summed E-state index contributed by atoms with van der Waals surface area (Å²) in [7, 11) is 1.52. The minimum Gasteiger partial charge on any atom is -0.357 e. The molecule has 0 spiro atoms. The number of amides is 3. The average Bonchev–Trinajstić information content (AvgIpc) is 2.95. The average molecular weight is 332 g/mol. The molecule has 0 fully saturated rings. The molecule has 3 amide bonds. The number of likely N-dealkylation sites (N-methyl/N-ethyl adjacent to an activating group) is 1. The number of aryl methyl sites for hydroxylation is 1. The number of benzene rings is 1. The van der Waals surface area contributed by atoms with Crippen LogP contribution in [0.1, 0.15) is 22.9 Å². The van der Waals surface area contributed by atoms with Crippen LogP contribution in [0.2, 0.25) is 0 Å². The Kier molecular flexibility index (Phi) is 5.70. The number of rotatable bonds is 5. The summed E-state index contributed by atoms with van der Waals surface area (Å²) in [5.41, 5.74) is 2.47. The minimum atomic E-state index is -0.605. The van der Waals surface area contributed by atoms with E-state index in [-0.39, 0.29) is 5.91 Å². The highest BCUT2D eigenvalue weighted by Gasteiger charge is 2.15. The zero-order valence-corrected chi connectivity index (χ0v) is 14.2. The van der Waals surface area contributed by atoms with Gasteiger partial charge in [0.05, 0.1) is 0 Å². The Morgan fingerprint density at radius 2 is 2.04 bits per heavy atom. The number of nitrogens with zero attached hydrogens (tertiary/aromatic N) is 1. The first-order valence-electron chi connectivity index (χ1n) is 7.28. The van der Waals surface area contributed by atoms with Gasteiger partial charge in [-0.05, 0) is 25.0 Å². The Morgan fingerprint density at radius 1 is 1.30 bits per heavy atom. The van der Waals surface area contributed by atoms with Crippen LogP contribution in [0.15, 0.2) is 30.5 Å². The van der Waals surface area contributed by atoms with Gasteiger partial charge in [0.2, 0.25) is 5.91 Å². The van der Waals surface area contributed by atoms with E-state index in [1.54, 1.807) is 13.1 Å². The van der Waals surface area contributed by atoms with Crippen LogP contribution in [0.25, 0.3) is 0 Å². The maximum Gasteiger partial charge on any atom is 0.321 e. The lowest BCUT2D eigenvalue weighted by molar-refractivity contribution is -0.122. The molecule has 122 valence electrons. The molecule has 1 aromatic carbocycles. The molecule has 1 atom stereocenters. The highest BCUT2D eigenvalue weighted by Crippen LogP contribution is 2.22. The predicted octanol–water partition coefficient (Wildman–Crippen LogP) is 2.30. The van der Waals surface area contributed by atoms with E-state index in [4.69, 9.17) is 0 Å². The van der Waals surface area contributed by atoms with Crippen LogP contribution in [0.3, 0.4) is 0 Å². The van der Waals surface area contributed by atoms with Gasteiger partial charge in [-0.15, -0.1) is 11.3 Å². The first kappa shape index (κ1) is 17.0.